The molecule has 2 aromatic carbocycles. The van der Waals surface area contributed by atoms with Crippen molar-refractivity contribution in [1.82, 2.24) is 10.2 Å². The van der Waals surface area contributed by atoms with Gasteiger partial charge in [0.1, 0.15) is 0 Å². The smallest absolute Gasteiger partial charge is 0.332 e. The molecule has 0 radical (unpaired) electrons. The number of nitrogens with zero attached hydrogens (tertiary/aromatic N) is 2. The van der Waals surface area contributed by atoms with Crippen LogP contribution in [0.1, 0.15) is 0 Å². The maximum absolute atomic E-state index is 13.1. The van der Waals surface area contributed by atoms with Crippen LogP contribution in [0.3, 0.4) is 0 Å². The van der Waals surface area contributed by atoms with E-state index in [-0.39, 0.29) is 11.8 Å². The molecule has 0 bridgehead atoms. The molecule has 6 nitrogen and oxygen atoms in total. The molecular formula is C14H8Br2FN3O3S. The van der Waals surface area contributed by atoms with Crippen LogP contribution in [0.15, 0.2) is 54.7 Å². The van der Waals surface area contributed by atoms with Gasteiger partial charge in [0, 0.05) is 20.1 Å². The Morgan fingerprint density at radius 3 is 2.17 bits per heavy atom. The van der Waals surface area contributed by atoms with E-state index in [4.69, 9.17) is 10.2 Å². The van der Waals surface area contributed by atoms with Gasteiger partial charge in [0.2, 0.25) is 11.8 Å². The maximum Gasteiger partial charge on any atom is 0.332 e. The van der Waals surface area contributed by atoms with Gasteiger partial charge in [-0.15, -0.1) is 14.1 Å². The van der Waals surface area contributed by atoms with Gasteiger partial charge in [0.05, 0.1) is 10.6 Å². The van der Waals surface area contributed by atoms with Crippen molar-refractivity contribution in [3.05, 3.63) is 45.3 Å². The van der Waals surface area contributed by atoms with Gasteiger partial charge in [-0.05, 0) is 62.2 Å². The van der Waals surface area contributed by atoms with E-state index in [2.05, 4.69) is 42.1 Å². The molecule has 1 aromatic heterocycles. The molecule has 24 heavy (non-hydrogen) atoms. The Balaban J connectivity index is 2.03. The average molecular weight is 477 g/mol. The number of rotatable bonds is 3. The fourth-order valence-corrected chi connectivity index (χ4v) is 3.64. The third-order valence-corrected chi connectivity index (χ3v) is 5.24. The molecule has 10 heteroatoms. The highest BCUT2D eigenvalue weighted by Crippen LogP contribution is 2.34. The standard InChI is InChI=1S/C14H8Br2FN3O3S/c15-10-5-8(6-11(16)12(10)18)14-20-19-13(23-14)7-2-1-3-9(4-7)24(17,21)22/h1-6H,18H2. The van der Waals surface area contributed by atoms with Crippen molar-refractivity contribution in [2.24, 2.45) is 0 Å². The Morgan fingerprint density at radius 1 is 1.00 bits per heavy atom. The fraction of sp³-hybridized carbons (Fsp3) is 0. The molecule has 124 valence electrons. The largest absolute Gasteiger partial charge is 0.416 e. The highest BCUT2D eigenvalue weighted by molar-refractivity contribution is 9.11. The molecule has 2 N–H and O–H groups in total. The summed E-state index contributed by atoms with van der Waals surface area (Å²) in [6, 6.07) is 8.62. The number of halogens is 3. The third-order valence-electron chi connectivity index (χ3n) is 3.11. The van der Waals surface area contributed by atoms with Gasteiger partial charge >= 0.3 is 10.2 Å². The lowest BCUT2D eigenvalue weighted by Gasteiger charge is -2.03. The second kappa shape index (κ2) is 6.26. The summed E-state index contributed by atoms with van der Waals surface area (Å²) in [5.74, 6) is 0.277. The molecule has 0 saturated heterocycles. The molecule has 0 spiro atoms. The summed E-state index contributed by atoms with van der Waals surface area (Å²) in [5.41, 5.74) is 7.26. The predicted molar refractivity (Wildman–Crippen MR) is 93.3 cm³/mol. The van der Waals surface area contributed by atoms with E-state index >= 15 is 0 Å². The van der Waals surface area contributed by atoms with Crippen molar-refractivity contribution in [2.75, 3.05) is 5.73 Å². The molecule has 0 saturated carbocycles. The minimum Gasteiger partial charge on any atom is -0.416 e. The Kier molecular flexibility index (Phi) is 4.45. The Morgan fingerprint density at radius 2 is 1.58 bits per heavy atom. The topological polar surface area (TPSA) is 99.1 Å². The highest BCUT2D eigenvalue weighted by atomic mass is 79.9. The number of benzene rings is 2. The molecular weight excluding hydrogens is 469 g/mol. The summed E-state index contributed by atoms with van der Waals surface area (Å²) in [4.78, 5) is -0.474. The van der Waals surface area contributed by atoms with Crippen LogP contribution in [0.25, 0.3) is 22.9 Å². The van der Waals surface area contributed by atoms with Gasteiger partial charge < -0.3 is 10.2 Å². The van der Waals surface area contributed by atoms with Gasteiger partial charge in [-0.3, -0.25) is 0 Å². The molecule has 0 aliphatic rings. The first-order valence-electron chi connectivity index (χ1n) is 6.39. The van der Waals surface area contributed by atoms with Crippen molar-refractivity contribution >= 4 is 47.8 Å². The van der Waals surface area contributed by atoms with Crippen molar-refractivity contribution < 1.29 is 16.7 Å². The van der Waals surface area contributed by atoms with Crippen molar-refractivity contribution in [1.29, 1.82) is 0 Å². The zero-order valence-corrected chi connectivity index (χ0v) is 15.7. The van der Waals surface area contributed by atoms with Crippen molar-refractivity contribution in [2.45, 2.75) is 4.90 Å². The Hall–Kier alpha value is -1.78. The summed E-state index contributed by atoms with van der Waals surface area (Å²) in [7, 11) is -4.81. The number of anilines is 1. The molecule has 0 aliphatic heterocycles. The second-order valence-corrected chi connectivity index (χ2v) is 7.79. The van der Waals surface area contributed by atoms with Crippen LogP contribution < -0.4 is 5.73 Å². The molecule has 0 amide bonds. The lowest BCUT2D eigenvalue weighted by atomic mass is 10.2. The Bertz CT molecular complexity index is 1010. The van der Waals surface area contributed by atoms with Crippen LogP contribution in [-0.4, -0.2) is 18.6 Å². The zero-order chi connectivity index (χ0) is 17.5. The number of nitrogen functional groups attached to an aromatic ring is 1. The van der Waals surface area contributed by atoms with Gasteiger partial charge in [-0.1, -0.05) is 6.07 Å². The summed E-state index contributed by atoms with van der Waals surface area (Å²) in [6.07, 6.45) is 0. The lowest BCUT2D eigenvalue weighted by molar-refractivity contribution is 0.552. The lowest BCUT2D eigenvalue weighted by Crippen LogP contribution is -1.92. The van der Waals surface area contributed by atoms with Crippen LogP contribution in [-0.2, 0) is 10.2 Å². The van der Waals surface area contributed by atoms with Crippen LogP contribution in [0.2, 0.25) is 0 Å². The first kappa shape index (κ1) is 17.1. The molecule has 3 rings (SSSR count). The van der Waals surface area contributed by atoms with Gasteiger partial charge in [0.15, 0.2) is 0 Å². The minimum atomic E-state index is -4.81. The minimum absolute atomic E-state index is 0.0690. The molecule has 0 fully saturated rings. The van der Waals surface area contributed by atoms with E-state index in [1.165, 1.54) is 6.07 Å². The first-order chi connectivity index (χ1) is 11.3. The molecule has 1 heterocycles. The van der Waals surface area contributed by atoms with Crippen LogP contribution in [0.4, 0.5) is 9.57 Å². The van der Waals surface area contributed by atoms with E-state index < -0.39 is 15.1 Å². The maximum atomic E-state index is 13.1. The molecule has 0 unspecified atom stereocenters. The van der Waals surface area contributed by atoms with Crippen LogP contribution in [0.5, 0.6) is 0 Å². The van der Waals surface area contributed by atoms with E-state index in [0.29, 0.717) is 25.8 Å². The van der Waals surface area contributed by atoms with E-state index in [1.807, 2.05) is 0 Å². The van der Waals surface area contributed by atoms with E-state index in [0.717, 1.165) is 12.1 Å². The van der Waals surface area contributed by atoms with E-state index in [1.54, 1.807) is 18.2 Å². The van der Waals surface area contributed by atoms with E-state index in [9.17, 15) is 12.3 Å². The summed E-state index contributed by atoms with van der Waals surface area (Å²) >= 11 is 6.65. The van der Waals surface area contributed by atoms with Crippen molar-refractivity contribution in [3.8, 4) is 22.9 Å². The molecule has 3 aromatic rings. The average Bonchev–Trinajstić information content (AvgIpc) is 3.01. The first-order valence-corrected chi connectivity index (χ1v) is 9.36. The fourth-order valence-electron chi connectivity index (χ4n) is 1.95. The number of nitrogens with two attached hydrogens (primary N) is 1. The van der Waals surface area contributed by atoms with Crippen LogP contribution >= 0.6 is 31.9 Å². The predicted octanol–water partition coefficient (Wildman–Crippen LogP) is 4.17. The van der Waals surface area contributed by atoms with Gasteiger partial charge in [0.25, 0.3) is 0 Å². The zero-order valence-electron chi connectivity index (χ0n) is 11.7. The second-order valence-electron chi connectivity index (χ2n) is 4.73. The number of hydrogen-bond donors (Lipinski definition) is 1. The quantitative estimate of drug-likeness (QED) is 0.450. The number of hydrogen-bond acceptors (Lipinski definition) is 6. The monoisotopic (exact) mass is 475 g/mol. The van der Waals surface area contributed by atoms with Gasteiger partial charge in [-0.2, -0.15) is 8.42 Å². The highest BCUT2D eigenvalue weighted by Gasteiger charge is 2.17. The summed E-state index contributed by atoms with van der Waals surface area (Å²) in [5, 5.41) is 7.80. The van der Waals surface area contributed by atoms with Gasteiger partial charge in [-0.25, -0.2) is 0 Å². The Labute approximate surface area is 153 Å². The van der Waals surface area contributed by atoms with Crippen LogP contribution in [0, 0.1) is 0 Å². The third kappa shape index (κ3) is 3.35. The summed E-state index contributed by atoms with van der Waals surface area (Å²) < 4.78 is 41.9. The molecule has 0 aliphatic carbocycles. The summed E-state index contributed by atoms with van der Waals surface area (Å²) in [6.45, 7) is 0. The SMILES string of the molecule is Nc1c(Br)cc(-c2nnc(-c3cccc(S(=O)(=O)F)c3)o2)cc1Br. The van der Waals surface area contributed by atoms with Crippen molar-refractivity contribution in [3.63, 3.8) is 0 Å². The number of aromatic nitrogens is 2. The normalized spacial score (nSPS) is 11.6. The molecule has 0 atom stereocenters.